The summed E-state index contributed by atoms with van der Waals surface area (Å²) >= 11 is 0. The van der Waals surface area contributed by atoms with E-state index in [-0.39, 0.29) is 77.4 Å². The summed E-state index contributed by atoms with van der Waals surface area (Å²) in [6, 6.07) is 0. The number of alkyl carbamates (subject to hydrolysis) is 1. The fourth-order valence-electron chi connectivity index (χ4n) is 3.11. The molecule has 0 aromatic carbocycles. The molecule has 0 saturated heterocycles. The maximum Gasteiger partial charge on any atom is 0.407 e. The van der Waals surface area contributed by atoms with Gasteiger partial charge in [0.15, 0.2) is 7.85 Å². The molecule has 0 aliphatic heterocycles. The summed E-state index contributed by atoms with van der Waals surface area (Å²) in [4.78, 5) is 71.3. The number of hydrogen-bond acceptors (Lipinski definition) is 14. The molecule has 0 fully saturated rings. The molecule has 0 aromatic heterocycles. The van der Waals surface area contributed by atoms with Gasteiger partial charge in [0.1, 0.15) is 33.0 Å². The molecule has 2 amide bonds. The van der Waals surface area contributed by atoms with Gasteiger partial charge in [-0.15, -0.1) is 0 Å². The number of carbonyl (C=O) groups is 6. The third kappa shape index (κ3) is 27.6. The normalized spacial score (nSPS) is 10.6. The third-order valence-electron chi connectivity index (χ3n) is 5.13. The van der Waals surface area contributed by atoms with Crippen LogP contribution in [0.4, 0.5) is 4.79 Å². The monoisotopic (exact) mass is 633 g/mol. The van der Waals surface area contributed by atoms with E-state index in [1.807, 2.05) is 13.8 Å². The van der Waals surface area contributed by atoms with Gasteiger partial charge >= 0.3 is 24.0 Å². The molecule has 0 spiro atoms. The van der Waals surface area contributed by atoms with E-state index in [0.29, 0.717) is 45.7 Å². The van der Waals surface area contributed by atoms with Crippen molar-refractivity contribution in [1.82, 2.24) is 15.5 Å². The Kier molecular flexibility index (Phi) is 26.4. The highest BCUT2D eigenvalue weighted by molar-refractivity contribution is 6.58. The summed E-state index contributed by atoms with van der Waals surface area (Å²) in [7, 11) is 1.40. The quantitative estimate of drug-likeness (QED) is 0.0441. The van der Waals surface area contributed by atoms with E-state index in [2.05, 4.69) is 10.6 Å². The minimum Gasteiger partial charge on any atom is -0.466 e. The summed E-state index contributed by atoms with van der Waals surface area (Å²) in [6.07, 6.45) is 1.62. The Morgan fingerprint density at radius 2 is 1.25 bits per heavy atom. The summed E-state index contributed by atoms with van der Waals surface area (Å²) in [6.45, 7) is 5.31. The highest BCUT2D eigenvalue weighted by atomic mass is 16.6. The van der Waals surface area contributed by atoms with Crippen molar-refractivity contribution in [3.8, 4) is 0 Å². The zero-order valence-electron chi connectivity index (χ0n) is 26.2. The van der Waals surface area contributed by atoms with Crippen LogP contribution < -0.4 is 10.6 Å². The highest BCUT2D eigenvalue weighted by Crippen LogP contribution is 1.95. The van der Waals surface area contributed by atoms with Crippen LogP contribution in [0.15, 0.2) is 0 Å². The molecule has 44 heavy (non-hydrogen) atoms. The second-order valence-corrected chi connectivity index (χ2v) is 9.30. The van der Waals surface area contributed by atoms with Crippen LogP contribution in [-0.2, 0) is 57.1 Å². The molecule has 0 unspecified atom stereocenters. The van der Waals surface area contributed by atoms with Crippen molar-refractivity contribution in [3.05, 3.63) is 0 Å². The second-order valence-electron chi connectivity index (χ2n) is 9.30. The van der Waals surface area contributed by atoms with Crippen LogP contribution in [0, 0.1) is 0 Å². The standard InChI is InChI=1S/C27H48BN3O13/c1-3-10-41-24(34)6-5-12-38-16-17-39-13-7-29-23(33)20-40-21-26(36)43-15-9-31(19-22(28)32)8-14-42-25(35)18-30-27(37)44-11-4-2/h3-21,28H2,1-2H3,(H,29,33)(H,30,37). The van der Waals surface area contributed by atoms with E-state index in [1.165, 1.54) is 7.85 Å². The van der Waals surface area contributed by atoms with E-state index >= 15 is 0 Å². The van der Waals surface area contributed by atoms with Crippen molar-refractivity contribution in [2.75, 3.05) is 98.8 Å². The Balaban J connectivity index is 3.85. The van der Waals surface area contributed by atoms with E-state index in [9.17, 15) is 28.8 Å². The first kappa shape index (κ1) is 40.7. The number of rotatable bonds is 28. The summed E-state index contributed by atoms with van der Waals surface area (Å²) in [5.74, 6) is -2.01. The van der Waals surface area contributed by atoms with Gasteiger partial charge in [0.2, 0.25) is 5.91 Å². The van der Waals surface area contributed by atoms with Crippen LogP contribution in [0.1, 0.15) is 39.5 Å². The molecule has 0 rings (SSSR count). The van der Waals surface area contributed by atoms with Gasteiger partial charge in [-0.25, -0.2) is 9.59 Å². The van der Waals surface area contributed by atoms with Crippen molar-refractivity contribution in [3.63, 3.8) is 0 Å². The molecule has 252 valence electrons. The van der Waals surface area contributed by atoms with Crippen molar-refractivity contribution in [1.29, 1.82) is 0 Å². The van der Waals surface area contributed by atoms with Gasteiger partial charge in [0.25, 0.3) is 0 Å². The van der Waals surface area contributed by atoms with Gasteiger partial charge in [0, 0.05) is 39.2 Å². The fraction of sp³-hybridized carbons (Fsp3) is 0.778. The average molecular weight is 634 g/mol. The maximum atomic E-state index is 11.9. The van der Waals surface area contributed by atoms with Gasteiger partial charge in [-0.05, 0) is 19.3 Å². The van der Waals surface area contributed by atoms with Gasteiger partial charge in [-0.2, -0.15) is 0 Å². The molecule has 0 saturated carbocycles. The van der Waals surface area contributed by atoms with E-state index in [1.54, 1.807) is 4.90 Å². The Hall–Kier alpha value is -3.28. The maximum absolute atomic E-state index is 11.9. The number of ether oxygens (including phenoxy) is 7. The van der Waals surface area contributed by atoms with Gasteiger partial charge in [0.05, 0.1) is 38.7 Å². The van der Waals surface area contributed by atoms with E-state index in [0.717, 1.165) is 6.42 Å². The SMILES string of the molecule is BC(=O)CN(CCOC(=O)CNC(=O)OCCC)CCOC(=O)COCC(=O)NCCOCCOCCCC(=O)OCCC. The lowest BCUT2D eigenvalue weighted by molar-refractivity contribution is -0.150. The minimum absolute atomic E-state index is 0.0403. The zero-order valence-corrected chi connectivity index (χ0v) is 26.2. The third-order valence-corrected chi connectivity index (χ3v) is 5.13. The lowest BCUT2D eigenvalue weighted by Crippen LogP contribution is -2.37. The first-order valence-electron chi connectivity index (χ1n) is 14.8. The van der Waals surface area contributed by atoms with Crippen molar-refractivity contribution in [2.45, 2.75) is 39.5 Å². The molecule has 16 nitrogen and oxygen atoms in total. The number of nitrogens with zero attached hydrogens (tertiary/aromatic N) is 1. The largest absolute Gasteiger partial charge is 0.466 e. The van der Waals surface area contributed by atoms with Crippen LogP contribution >= 0.6 is 0 Å². The number of esters is 3. The highest BCUT2D eigenvalue weighted by Gasteiger charge is 2.13. The Morgan fingerprint density at radius 3 is 1.91 bits per heavy atom. The predicted molar refractivity (Wildman–Crippen MR) is 158 cm³/mol. The Labute approximate surface area is 259 Å². The molecule has 0 radical (unpaired) electrons. The molecule has 0 aliphatic carbocycles. The van der Waals surface area contributed by atoms with Crippen molar-refractivity contribution in [2.24, 2.45) is 0 Å². The Morgan fingerprint density at radius 1 is 0.636 bits per heavy atom. The lowest BCUT2D eigenvalue weighted by Gasteiger charge is -2.20. The topological polar surface area (TPSA) is 194 Å². The average Bonchev–Trinajstić information content (AvgIpc) is 2.98. The molecule has 0 atom stereocenters. The zero-order chi connectivity index (χ0) is 32.8. The predicted octanol–water partition coefficient (Wildman–Crippen LogP) is -1.43. The number of nitrogens with one attached hydrogen (secondary N) is 2. The Bertz CT molecular complexity index is 848. The molecule has 0 aromatic rings. The smallest absolute Gasteiger partial charge is 0.407 e. The summed E-state index contributed by atoms with van der Waals surface area (Å²) < 4.78 is 35.6. The second kappa shape index (κ2) is 28.5. The number of hydrogen-bond donors (Lipinski definition) is 2. The van der Waals surface area contributed by atoms with Crippen LogP contribution in [0.3, 0.4) is 0 Å². The molecule has 0 aliphatic rings. The van der Waals surface area contributed by atoms with Crippen LogP contribution in [-0.4, -0.2) is 147 Å². The minimum atomic E-state index is -0.714. The van der Waals surface area contributed by atoms with Crippen molar-refractivity contribution < 1.29 is 61.9 Å². The van der Waals surface area contributed by atoms with Crippen LogP contribution in [0.25, 0.3) is 0 Å². The number of carbonyl (C=O) groups excluding carboxylic acids is 6. The number of amides is 2. The molecule has 2 N–H and O–H groups in total. The fourth-order valence-corrected chi connectivity index (χ4v) is 3.11. The van der Waals surface area contributed by atoms with E-state index in [4.69, 9.17) is 33.2 Å². The van der Waals surface area contributed by atoms with E-state index < -0.39 is 30.5 Å². The first-order chi connectivity index (χ1) is 21.2. The molecular formula is C27H48BN3O13. The molecule has 0 bridgehead atoms. The van der Waals surface area contributed by atoms with Gasteiger partial charge in [-0.1, -0.05) is 13.8 Å². The first-order valence-corrected chi connectivity index (χ1v) is 14.8. The van der Waals surface area contributed by atoms with Crippen LogP contribution in [0.5, 0.6) is 0 Å². The summed E-state index contributed by atoms with van der Waals surface area (Å²) in [5, 5.41) is 4.86. The van der Waals surface area contributed by atoms with Crippen molar-refractivity contribution >= 4 is 43.4 Å². The van der Waals surface area contributed by atoms with Gasteiger partial charge < -0.3 is 48.6 Å². The van der Waals surface area contributed by atoms with Gasteiger partial charge in [-0.3, -0.25) is 19.3 Å². The molecule has 0 heterocycles. The molecule has 17 heteroatoms. The lowest BCUT2D eigenvalue weighted by atomic mass is 10.0. The molecular weight excluding hydrogens is 585 g/mol. The summed E-state index contributed by atoms with van der Waals surface area (Å²) in [5.41, 5.74) is -0.130. The van der Waals surface area contributed by atoms with Crippen LogP contribution in [0.2, 0.25) is 0 Å².